The van der Waals surface area contributed by atoms with Crippen LogP contribution in [0.3, 0.4) is 0 Å². The van der Waals surface area contributed by atoms with E-state index in [-0.39, 0.29) is 6.42 Å². The minimum absolute atomic E-state index is 0.193. The Labute approximate surface area is 94.2 Å². The number of fused-ring (bicyclic) bond motifs is 1. The first-order chi connectivity index (χ1) is 7.75. The molecule has 0 aliphatic heterocycles. The molecule has 1 aliphatic carbocycles. The topological polar surface area (TPSA) is 37.3 Å². The second-order valence-corrected chi connectivity index (χ2v) is 3.89. The number of carboxylic acid groups (broad SMARTS) is 1. The van der Waals surface area contributed by atoms with Crippen molar-refractivity contribution in [3.8, 4) is 0 Å². The Bertz CT molecular complexity index is 538. The van der Waals surface area contributed by atoms with Gasteiger partial charge < -0.3 is 5.11 Å². The summed E-state index contributed by atoms with van der Waals surface area (Å²) in [6, 6.07) is 6.15. The lowest BCUT2D eigenvalue weighted by molar-refractivity contribution is -0.136. The Morgan fingerprint density at radius 1 is 1.31 bits per heavy atom. The maximum atomic E-state index is 10.5. The van der Waals surface area contributed by atoms with Crippen LogP contribution >= 0.6 is 0 Å². The molecule has 1 aromatic rings. The molecule has 0 saturated carbocycles. The molecule has 2 nitrogen and oxygen atoms in total. The van der Waals surface area contributed by atoms with Gasteiger partial charge in [0.2, 0.25) is 0 Å². The Kier molecular flexibility index (Phi) is 3.20. The molecule has 82 valence electrons. The largest absolute Gasteiger partial charge is 0.481 e. The molecule has 16 heavy (non-hydrogen) atoms. The minimum atomic E-state index is -0.745. The van der Waals surface area contributed by atoms with Crippen molar-refractivity contribution in [3.05, 3.63) is 46.4 Å². The van der Waals surface area contributed by atoms with Crippen molar-refractivity contribution in [1.82, 2.24) is 0 Å². The van der Waals surface area contributed by atoms with Gasteiger partial charge in [-0.05, 0) is 28.8 Å². The van der Waals surface area contributed by atoms with Gasteiger partial charge in [0, 0.05) is 6.42 Å². The quantitative estimate of drug-likeness (QED) is 0.821. The predicted octanol–water partition coefficient (Wildman–Crippen LogP) is 1.22. The van der Waals surface area contributed by atoms with Crippen LogP contribution in [-0.4, -0.2) is 11.1 Å². The van der Waals surface area contributed by atoms with Gasteiger partial charge in [-0.3, -0.25) is 4.79 Å². The maximum Gasteiger partial charge on any atom is 0.303 e. The van der Waals surface area contributed by atoms with Gasteiger partial charge in [-0.15, -0.1) is 0 Å². The summed E-state index contributed by atoms with van der Waals surface area (Å²) in [6.45, 7) is 0. The average Bonchev–Trinajstić information content (AvgIpc) is 2.50. The number of aliphatic carboxylic acids is 1. The van der Waals surface area contributed by atoms with Crippen molar-refractivity contribution in [3.63, 3.8) is 0 Å². The average molecular weight is 214 g/mol. The molecular weight excluding hydrogens is 200 g/mol. The summed E-state index contributed by atoms with van der Waals surface area (Å²) < 4.78 is 0. The molecule has 0 spiro atoms. The number of aryl methyl sites for hydroxylation is 1. The molecule has 1 aromatic carbocycles. The molecule has 0 unspecified atom stereocenters. The van der Waals surface area contributed by atoms with Crippen molar-refractivity contribution >= 4 is 18.1 Å². The highest BCUT2D eigenvalue weighted by Gasteiger charge is 1.99. The first-order valence-corrected chi connectivity index (χ1v) is 5.43. The predicted molar refractivity (Wildman–Crippen MR) is 64.3 cm³/mol. The zero-order valence-corrected chi connectivity index (χ0v) is 9.02. The molecule has 0 bridgehead atoms. The third-order valence-electron chi connectivity index (χ3n) is 2.66. The van der Waals surface area contributed by atoms with E-state index in [1.807, 2.05) is 12.1 Å². The van der Waals surface area contributed by atoms with E-state index in [9.17, 15) is 4.79 Å². The third-order valence-corrected chi connectivity index (χ3v) is 2.66. The molecule has 0 fully saturated rings. The van der Waals surface area contributed by atoms with Crippen molar-refractivity contribution < 1.29 is 9.90 Å². The fourth-order valence-corrected chi connectivity index (χ4v) is 1.81. The summed E-state index contributed by atoms with van der Waals surface area (Å²) in [6.07, 6.45) is 10.1. The first kappa shape index (κ1) is 10.7. The van der Waals surface area contributed by atoms with Gasteiger partial charge in [0.15, 0.2) is 0 Å². The van der Waals surface area contributed by atoms with Crippen LogP contribution in [0.5, 0.6) is 0 Å². The minimum Gasteiger partial charge on any atom is -0.481 e. The van der Waals surface area contributed by atoms with E-state index in [4.69, 9.17) is 5.11 Å². The van der Waals surface area contributed by atoms with Crippen LogP contribution in [0.15, 0.2) is 30.4 Å². The van der Waals surface area contributed by atoms with Crippen molar-refractivity contribution in [2.24, 2.45) is 0 Å². The molecule has 0 atom stereocenters. The lowest BCUT2D eigenvalue weighted by Gasteiger charge is -1.99. The van der Waals surface area contributed by atoms with Crippen LogP contribution in [-0.2, 0) is 11.2 Å². The molecule has 0 amide bonds. The summed E-state index contributed by atoms with van der Waals surface area (Å²) in [5.41, 5.74) is 1.08. The third kappa shape index (κ3) is 2.60. The van der Waals surface area contributed by atoms with Gasteiger partial charge in [0.05, 0.1) is 0 Å². The zero-order valence-electron chi connectivity index (χ0n) is 9.02. The zero-order chi connectivity index (χ0) is 11.4. The van der Waals surface area contributed by atoms with Crippen LogP contribution in [0.2, 0.25) is 0 Å². The number of allylic oxidation sites excluding steroid dienone is 2. The normalized spacial score (nSPS) is 13.2. The van der Waals surface area contributed by atoms with Crippen LogP contribution in [0.1, 0.15) is 18.4 Å². The molecule has 0 heterocycles. The molecule has 0 aromatic heterocycles. The molecular formula is C14H14O2. The smallest absolute Gasteiger partial charge is 0.303 e. The van der Waals surface area contributed by atoms with Gasteiger partial charge in [0.25, 0.3) is 0 Å². The van der Waals surface area contributed by atoms with Crippen molar-refractivity contribution in [2.75, 3.05) is 0 Å². The summed E-state index contributed by atoms with van der Waals surface area (Å²) in [7, 11) is 0. The maximum absolute atomic E-state index is 10.5. The Balaban J connectivity index is 2.31. The summed E-state index contributed by atoms with van der Waals surface area (Å²) in [4.78, 5) is 10.5. The monoisotopic (exact) mass is 214 g/mol. The fraction of sp³-hybridized carbons (Fsp3) is 0.214. The number of hydrogen-bond acceptors (Lipinski definition) is 1. The number of benzene rings is 1. The van der Waals surface area contributed by atoms with E-state index in [0.29, 0.717) is 6.42 Å². The van der Waals surface area contributed by atoms with Gasteiger partial charge in [-0.25, -0.2) is 0 Å². The van der Waals surface area contributed by atoms with Crippen molar-refractivity contribution in [2.45, 2.75) is 19.3 Å². The first-order valence-electron chi connectivity index (χ1n) is 5.43. The fourth-order valence-electron chi connectivity index (χ4n) is 1.81. The summed E-state index contributed by atoms with van der Waals surface area (Å²) in [5, 5.41) is 11.0. The van der Waals surface area contributed by atoms with Crippen LogP contribution < -0.4 is 10.4 Å². The van der Waals surface area contributed by atoms with Gasteiger partial charge in [-0.2, -0.15) is 0 Å². The highest BCUT2D eigenvalue weighted by atomic mass is 16.4. The summed E-state index contributed by atoms with van der Waals surface area (Å²) in [5.74, 6) is -0.745. The number of carboxylic acids is 1. The van der Waals surface area contributed by atoms with Gasteiger partial charge in [0.1, 0.15) is 0 Å². The van der Waals surface area contributed by atoms with E-state index < -0.39 is 5.97 Å². The van der Waals surface area contributed by atoms with E-state index in [1.165, 1.54) is 10.4 Å². The number of carbonyl (C=O) groups is 1. The molecule has 1 aliphatic rings. The van der Waals surface area contributed by atoms with Crippen molar-refractivity contribution in [1.29, 1.82) is 0 Å². The van der Waals surface area contributed by atoms with Crippen LogP contribution in [0.4, 0.5) is 0 Å². The second-order valence-electron chi connectivity index (χ2n) is 3.89. The second kappa shape index (κ2) is 4.79. The highest BCUT2D eigenvalue weighted by molar-refractivity contribution is 5.67. The van der Waals surface area contributed by atoms with E-state index in [1.54, 1.807) is 0 Å². The number of rotatable bonds is 3. The van der Waals surface area contributed by atoms with E-state index in [0.717, 1.165) is 12.0 Å². The van der Waals surface area contributed by atoms with Gasteiger partial charge in [-0.1, -0.05) is 42.5 Å². The SMILES string of the molecule is O=C(O)CCc1ccc2c(c1)=CC=CCC=2. The molecule has 2 heteroatoms. The highest BCUT2D eigenvalue weighted by Crippen LogP contribution is 1.99. The Morgan fingerprint density at radius 2 is 2.19 bits per heavy atom. The molecule has 0 radical (unpaired) electrons. The van der Waals surface area contributed by atoms with E-state index >= 15 is 0 Å². The van der Waals surface area contributed by atoms with Crippen LogP contribution in [0.25, 0.3) is 12.2 Å². The Hall–Kier alpha value is -1.83. The molecule has 0 saturated heterocycles. The Morgan fingerprint density at radius 3 is 3.00 bits per heavy atom. The van der Waals surface area contributed by atoms with E-state index in [2.05, 4.69) is 30.4 Å². The van der Waals surface area contributed by atoms with Crippen LogP contribution in [0, 0.1) is 0 Å². The molecule has 2 rings (SSSR count). The lowest BCUT2D eigenvalue weighted by Crippen LogP contribution is -2.24. The molecule has 1 N–H and O–H groups in total. The summed E-state index contributed by atoms with van der Waals surface area (Å²) >= 11 is 0. The number of hydrogen-bond donors (Lipinski definition) is 1. The lowest BCUT2D eigenvalue weighted by atomic mass is 10.1. The van der Waals surface area contributed by atoms with Gasteiger partial charge >= 0.3 is 5.97 Å². The standard InChI is InChI=1S/C14H14O2/c15-14(16)9-7-11-6-8-12-4-2-1-3-5-13(12)10-11/h1,3-6,8,10H,2,7,9H2,(H,15,16).